The maximum absolute atomic E-state index is 12.2. The highest BCUT2D eigenvalue weighted by molar-refractivity contribution is 14.0. The maximum Gasteiger partial charge on any atom is 0.193 e. The molecule has 0 aromatic rings. The summed E-state index contributed by atoms with van der Waals surface area (Å²) in [4.78, 5) is 6.74. The van der Waals surface area contributed by atoms with Crippen molar-refractivity contribution in [1.82, 2.24) is 10.2 Å². The zero-order valence-electron chi connectivity index (χ0n) is 12.4. The lowest BCUT2D eigenvalue weighted by atomic mass is 9.87. The van der Waals surface area contributed by atoms with Gasteiger partial charge in [0.2, 0.25) is 0 Å². The molecule has 1 saturated carbocycles. The quantitative estimate of drug-likeness (QED) is 0.332. The fraction of sp³-hybridized carbons (Fsp3) is 0.929. The van der Waals surface area contributed by atoms with E-state index in [0.717, 1.165) is 19.0 Å². The third-order valence-electron chi connectivity index (χ3n) is 4.12. The van der Waals surface area contributed by atoms with Crippen molar-refractivity contribution in [3.8, 4) is 0 Å². The molecule has 0 unspecified atom stereocenters. The molecular formula is C14H27FIN3S. The van der Waals surface area contributed by atoms with Gasteiger partial charge in [-0.2, -0.15) is 11.8 Å². The standard InChI is InChI=1S/C14H26FN3S.HI/c1-16-13(17-9-5-8-15)18-10-11-19-14(12-18)6-3-2-4-7-14;/h2-12H2,1H3,(H,16,17);1H. The lowest BCUT2D eigenvalue weighted by Gasteiger charge is -2.45. The van der Waals surface area contributed by atoms with Crippen molar-refractivity contribution >= 4 is 41.7 Å². The fourth-order valence-electron chi connectivity index (χ4n) is 3.12. The Balaban J connectivity index is 0.00000200. The van der Waals surface area contributed by atoms with Crippen molar-refractivity contribution < 1.29 is 4.39 Å². The first-order valence-corrected chi connectivity index (χ1v) is 8.44. The number of nitrogens with zero attached hydrogens (tertiary/aromatic N) is 2. The van der Waals surface area contributed by atoms with Crippen LogP contribution in [0.2, 0.25) is 0 Å². The van der Waals surface area contributed by atoms with E-state index >= 15 is 0 Å². The van der Waals surface area contributed by atoms with Crippen LogP contribution in [0.15, 0.2) is 4.99 Å². The summed E-state index contributed by atoms with van der Waals surface area (Å²) in [6.07, 6.45) is 7.38. The van der Waals surface area contributed by atoms with Crippen LogP contribution in [0.3, 0.4) is 0 Å². The number of aliphatic imine (C=N–C) groups is 1. The number of nitrogens with one attached hydrogen (secondary N) is 1. The van der Waals surface area contributed by atoms with E-state index in [0.29, 0.717) is 17.7 Å². The van der Waals surface area contributed by atoms with Crippen molar-refractivity contribution in [1.29, 1.82) is 0 Å². The number of hydrogen-bond donors (Lipinski definition) is 1. The summed E-state index contributed by atoms with van der Waals surface area (Å²) in [6.45, 7) is 2.58. The molecule has 1 aliphatic heterocycles. The van der Waals surface area contributed by atoms with Crippen LogP contribution < -0.4 is 5.32 Å². The molecule has 1 N–H and O–H groups in total. The average Bonchev–Trinajstić information content (AvgIpc) is 2.44. The number of rotatable bonds is 3. The van der Waals surface area contributed by atoms with Gasteiger partial charge in [-0.1, -0.05) is 19.3 Å². The van der Waals surface area contributed by atoms with Gasteiger partial charge in [-0.15, -0.1) is 24.0 Å². The summed E-state index contributed by atoms with van der Waals surface area (Å²) in [5, 5.41) is 3.29. The second-order valence-corrected chi connectivity index (χ2v) is 7.09. The Morgan fingerprint density at radius 3 is 2.75 bits per heavy atom. The van der Waals surface area contributed by atoms with Gasteiger partial charge in [0, 0.05) is 37.2 Å². The van der Waals surface area contributed by atoms with Gasteiger partial charge in [0.15, 0.2) is 5.96 Å². The van der Waals surface area contributed by atoms with E-state index in [2.05, 4.69) is 27.0 Å². The van der Waals surface area contributed by atoms with Crippen molar-refractivity contribution in [2.45, 2.75) is 43.3 Å². The zero-order chi connectivity index (χ0) is 13.6. The van der Waals surface area contributed by atoms with E-state index in [1.807, 2.05) is 7.05 Å². The van der Waals surface area contributed by atoms with E-state index in [1.54, 1.807) is 0 Å². The SMILES string of the molecule is CN=C(NCCCF)N1CCSC2(CCCCC2)C1.I. The number of hydrogen-bond acceptors (Lipinski definition) is 2. The highest BCUT2D eigenvalue weighted by Gasteiger charge is 2.38. The number of guanidine groups is 1. The van der Waals surface area contributed by atoms with E-state index in [9.17, 15) is 4.39 Å². The van der Waals surface area contributed by atoms with Crippen LogP contribution in [0.1, 0.15) is 38.5 Å². The zero-order valence-corrected chi connectivity index (χ0v) is 15.5. The topological polar surface area (TPSA) is 27.6 Å². The smallest absolute Gasteiger partial charge is 0.193 e. The molecule has 0 amide bonds. The molecular weight excluding hydrogens is 388 g/mol. The van der Waals surface area contributed by atoms with Gasteiger partial charge in [-0.05, 0) is 19.3 Å². The molecule has 1 saturated heterocycles. The molecule has 0 bridgehead atoms. The van der Waals surface area contributed by atoms with Crippen molar-refractivity contribution in [2.75, 3.05) is 39.1 Å². The van der Waals surface area contributed by atoms with Crippen LogP contribution in [0, 0.1) is 0 Å². The Morgan fingerprint density at radius 2 is 2.10 bits per heavy atom. The first-order chi connectivity index (χ1) is 9.29. The summed E-state index contributed by atoms with van der Waals surface area (Å²) in [5.41, 5.74) is 0. The summed E-state index contributed by atoms with van der Waals surface area (Å²) < 4.78 is 12.6. The molecule has 0 aromatic heterocycles. The second-order valence-electron chi connectivity index (χ2n) is 5.53. The van der Waals surface area contributed by atoms with E-state index in [-0.39, 0.29) is 30.7 Å². The summed E-state index contributed by atoms with van der Waals surface area (Å²) in [5.74, 6) is 2.14. The Hall–Kier alpha value is 0.280. The van der Waals surface area contributed by atoms with Crippen LogP contribution in [-0.2, 0) is 0 Å². The fourth-order valence-corrected chi connectivity index (χ4v) is 4.69. The molecule has 0 radical (unpaired) electrons. The third-order valence-corrected chi connectivity index (χ3v) is 5.65. The monoisotopic (exact) mass is 415 g/mol. The number of thioether (sulfide) groups is 1. The first-order valence-electron chi connectivity index (χ1n) is 7.45. The summed E-state index contributed by atoms with van der Waals surface area (Å²) in [7, 11) is 1.83. The molecule has 6 heteroatoms. The van der Waals surface area contributed by atoms with Crippen molar-refractivity contribution in [3.05, 3.63) is 0 Å². The van der Waals surface area contributed by atoms with E-state index < -0.39 is 0 Å². The second kappa shape index (κ2) is 9.33. The summed E-state index contributed by atoms with van der Waals surface area (Å²) in [6, 6.07) is 0. The third kappa shape index (κ3) is 4.93. The molecule has 1 heterocycles. The molecule has 0 atom stereocenters. The molecule has 1 aliphatic carbocycles. The predicted molar refractivity (Wildman–Crippen MR) is 97.2 cm³/mol. The Morgan fingerprint density at radius 1 is 1.35 bits per heavy atom. The first kappa shape index (κ1) is 18.3. The molecule has 2 aliphatic rings. The van der Waals surface area contributed by atoms with Gasteiger partial charge in [-0.3, -0.25) is 9.38 Å². The molecule has 2 fully saturated rings. The van der Waals surface area contributed by atoms with Crippen LogP contribution >= 0.6 is 35.7 Å². The number of halogens is 2. The van der Waals surface area contributed by atoms with Crippen LogP contribution in [0.4, 0.5) is 4.39 Å². The molecule has 3 nitrogen and oxygen atoms in total. The van der Waals surface area contributed by atoms with Crippen LogP contribution in [0.25, 0.3) is 0 Å². The minimum Gasteiger partial charge on any atom is -0.356 e. The Labute approximate surface area is 143 Å². The predicted octanol–water partition coefficient (Wildman–Crippen LogP) is 3.29. The van der Waals surface area contributed by atoms with Gasteiger partial charge in [0.25, 0.3) is 0 Å². The van der Waals surface area contributed by atoms with Crippen molar-refractivity contribution in [3.63, 3.8) is 0 Å². The molecule has 20 heavy (non-hydrogen) atoms. The van der Waals surface area contributed by atoms with E-state index in [1.165, 1.54) is 37.9 Å². The lowest BCUT2D eigenvalue weighted by Crippen LogP contribution is -2.53. The van der Waals surface area contributed by atoms with Crippen LogP contribution in [0.5, 0.6) is 0 Å². The Kier molecular flexibility index (Phi) is 8.55. The van der Waals surface area contributed by atoms with Crippen molar-refractivity contribution in [2.24, 2.45) is 4.99 Å². The largest absolute Gasteiger partial charge is 0.356 e. The summed E-state index contributed by atoms with van der Waals surface area (Å²) >= 11 is 2.16. The minimum absolute atomic E-state index is 0. The number of alkyl halides is 1. The minimum atomic E-state index is -0.260. The Bertz CT molecular complexity index is 303. The van der Waals surface area contributed by atoms with Gasteiger partial charge in [0.1, 0.15) is 0 Å². The van der Waals surface area contributed by atoms with Gasteiger partial charge in [-0.25, -0.2) is 0 Å². The normalized spacial score (nSPS) is 22.5. The average molecular weight is 415 g/mol. The van der Waals surface area contributed by atoms with Gasteiger partial charge >= 0.3 is 0 Å². The van der Waals surface area contributed by atoms with Crippen LogP contribution in [-0.4, -0.2) is 54.7 Å². The molecule has 118 valence electrons. The highest BCUT2D eigenvalue weighted by atomic mass is 127. The molecule has 2 rings (SSSR count). The van der Waals surface area contributed by atoms with Gasteiger partial charge < -0.3 is 10.2 Å². The van der Waals surface area contributed by atoms with Gasteiger partial charge in [0.05, 0.1) is 6.67 Å². The maximum atomic E-state index is 12.2. The lowest BCUT2D eigenvalue weighted by molar-refractivity contribution is 0.293. The van der Waals surface area contributed by atoms with E-state index in [4.69, 9.17) is 0 Å². The highest BCUT2D eigenvalue weighted by Crippen LogP contribution is 2.42. The molecule has 0 aromatic carbocycles. The molecule has 1 spiro atoms.